The molecule has 0 aromatic carbocycles. The standard InChI is InChI=1S/C24H44O.C22H40O.C21H38O.C20H36O.C19H34O/c1-3-5-7-8-10-11-20-13-15-21(16-14-20)23-18-17-22(24(25)19-23)12-9-6-4-2;1-3-5-7-9-18-11-13-19(14-12-18)21-16-15-20(22(23)17-21)10-8-6-4-2;1-3-5-7-9-19-14-15-20(16-21(19)22)18-12-10-17(11-13-18)8-6-4-2;1-3-5-6-8-18-13-14-19(15-20(18)21)17-11-9-16(7-4-2)10-12-17;1-3-5-6-7-17-12-13-18(14-19(17)20)16-10-8-15(4-2)9-11-16/h20-23H,3-19H2,1-2H3;18-21H,3-17H2,1-2H3;17-20H,3-16H2,1-2H3;16-19H,3-15H2,1-2H3;15-18H,3-14H2,1-2H3. The minimum atomic E-state index is 0.419. The van der Waals surface area contributed by atoms with Gasteiger partial charge in [-0.25, -0.2) is 0 Å². The smallest absolute Gasteiger partial charge is 0.136 e. The number of Topliss-reactive ketones (excluding diaryl/α,β-unsaturated/α-hetero) is 5. The highest BCUT2D eigenvalue weighted by Gasteiger charge is 2.40. The molecule has 0 spiro atoms. The highest BCUT2D eigenvalue weighted by atomic mass is 16.1. The second kappa shape index (κ2) is 59.9. The van der Waals surface area contributed by atoms with E-state index in [0.29, 0.717) is 58.5 Å². The topological polar surface area (TPSA) is 85.3 Å². The molecule has 10 fully saturated rings. The Morgan fingerprint density at radius 3 is 0.559 bits per heavy atom. The fraction of sp³-hybridized carbons (Fsp3) is 0.953. The number of unbranched alkanes of at least 4 members (excludes halogenated alkanes) is 17. The summed E-state index contributed by atoms with van der Waals surface area (Å²) in [6.07, 6.45) is 93.3. The van der Waals surface area contributed by atoms with E-state index in [4.69, 9.17) is 0 Å². The van der Waals surface area contributed by atoms with Gasteiger partial charge in [-0.15, -0.1) is 0 Å². The van der Waals surface area contributed by atoms with Crippen molar-refractivity contribution in [1.29, 1.82) is 0 Å². The molecular formula is C106H192O5. The first-order valence-electron chi connectivity index (χ1n) is 51.8. The van der Waals surface area contributed by atoms with Crippen molar-refractivity contribution in [3.8, 4) is 0 Å². The summed E-state index contributed by atoms with van der Waals surface area (Å²) in [4.78, 5) is 62.2. The van der Waals surface area contributed by atoms with Crippen molar-refractivity contribution in [2.45, 2.75) is 525 Å². The molecule has 10 atom stereocenters. The van der Waals surface area contributed by atoms with Gasteiger partial charge in [0.15, 0.2) is 0 Å². The zero-order valence-electron chi connectivity index (χ0n) is 76.3. The zero-order chi connectivity index (χ0) is 79.6. The van der Waals surface area contributed by atoms with Crippen LogP contribution in [0.3, 0.4) is 0 Å². The Bertz CT molecular complexity index is 2330. The molecule has 646 valence electrons. The number of ketones is 5. The fourth-order valence-corrected chi connectivity index (χ4v) is 24.7. The van der Waals surface area contributed by atoms with Gasteiger partial charge in [-0.1, -0.05) is 332 Å². The molecule has 10 aliphatic rings. The summed E-state index contributed by atoms with van der Waals surface area (Å²) < 4.78 is 0. The fourth-order valence-electron chi connectivity index (χ4n) is 24.7. The lowest BCUT2D eigenvalue weighted by atomic mass is 9.68. The molecule has 0 aromatic rings. The second-order valence-electron chi connectivity index (χ2n) is 40.9. The highest BCUT2D eigenvalue weighted by molar-refractivity contribution is 5.84. The van der Waals surface area contributed by atoms with Crippen molar-refractivity contribution in [1.82, 2.24) is 0 Å². The van der Waals surface area contributed by atoms with Crippen molar-refractivity contribution in [3.63, 3.8) is 0 Å². The number of rotatable bonds is 41. The molecule has 111 heavy (non-hydrogen) atoms. The molecule has 0 amide bonds. The van der Waals surface area contributed by atoms with Crippen LogP contribution in [0.25, 0.3) is 0 Å². The zero-order valence-corrected chi connectivity index (χ0v) is 76.3. The first-order chi connectivity index (χ1) is 54.2. The summed E-state index contributed by atoms with van der Waals surface area (Å²) in [5, 5.41) is 0. The monoisotopic (exact) mass is 1550 g/mol. The molecule has 0 radical (unpaired) electrons. The predicted molar refractivity (Wildman–Crippen MR) is 479 cm³/mol. The Hall–Kier alpha value is -1.65. The van der Waals surface area contributed by atoms with E-state index < -0.39 is 0 Å². The van der Waals surface area contributed by atoms with Crippen LogP contribution in [0.1, 0.15) is 525 Å². The Balaban J connectivity index is 0.000000217. The maximum absolute atomic E-state index is 12.5. The summed E-state index contributed by atoms with van der Waals surface area (Å²) in [5.41, 5.74) is 0. The summed E-state index contributed by atoms with van der Waals surface area (Å²) in [6, 6.07) is 0. The van der Waals surface area contributed by atoms with Crippen molar-refractivity contribution >= 4 is 28.9 Å². The molecular weight excluding hydrogens is 1350 g/mol. The quantitative estimate of drug-likeness (QED) is 0.0570. The van der Waals surface area contributed by atoms with E-state index in [0.717, 1.165) is 121 Å². The van der Waals surface area contributed by atoms with Crippen LogP contribution in [-0.4, -0.2) is 28.9 Å². The summed E-state index contributed by atoms with van der Waals surface area (Å²) in [5.74, 6) is 18.2. The van der Waals surface area contributed by atoms with Crippen LogP contribution in [0.4, 0.5) is 0 Å². The minimum absolute atomic E-state index is 0.419. The third-order valence-corrected chi connectivity index (χ3v) is 32.8. The van der Waals surface area contributed by atoms with Gasteiger partial charge < -0.3 is 0 Å². The highest BCUT2D eigenvalue weighted by Crippen LogP contribution is 2.48. The van der Waals surface area contributed by atoms with Crippen LogP contribution < -0.4 is 0 Å². The van der Waals surface area contributed by atoms with E-state index in [2.05, 4.69) is 69.2 Å². The average Bonchev–Trinajstić information content (AvgIpc) is 0.862. The first kappa shape index (κ1) is 98.2. The lowest BCUT2D eigenvalue weighted by molar-refractivity contribution is -0.128. The molecule has 10 saturated carbocycles. The Morgan fingerprint density at radius 1 is 0.162 bits per heavy atom. The molecule has 0 bridgehead atoms. The molecule has 0 heterocycles. The lowest BCUT2D eigenvalue weighted by Crippen LogP contribution is -2.31. The lowest BCUT2D eigenvalue weighted by Gasteiger charge is -2.37. The van der Waals surface area contributed by atoms with E-state index in [-0.39, 0.29) is 0 Å². The van der Waals surface area contributed by atoms with Crippen LogP contribution in [0, 0.1) is 118 Å². The summed E-state index contributed by atoms with van der Waals surface area (Å²) >= 11 is 0. The van der Waals surface area contributed by atoms with Crippen LogP contribution >= 0.6 is 0 Å². The third-order valence-electron chi connectivity index (χ3n) is 32.8. The maximum atomic E-state index is 12.5. The molecule has 0 aromatic heterocycles. The van der Waals surface area contributed by atoms with Crippen molar-refractivity contribution < 1.29 is 24.0 Å². The predicted octanol–water partition coefficient (Wildman–Crippen LogP) is 33.1. The molecule has 0 saturated heterocycles. The average molecular weight is 1550 g/mol. The van der Waals surface area contributed by atoms with Crippen LogP contribution in [0.5, 0.6) is 0 Å². The maximum Gasteiger partial charge on any atom is 0.136 e. The third kappa shape index (κ3) is 38.1. The Morgan fingerprint density at radius 2 is 0.342 bits per heavy atom. The van der Waals surface area contributed by atoms with Crippen LogP contribution in [-0.2, 0) is 24.0 Å². The first-order valence-corrected chi connectivity index (χ1v) is 51.8. The van der Waals surface area contributed by atoms with Gasteiger partial charge in [0.25, 0.3) is 0 Å². The van der Waals surface area contributed by atoms with E-state index in [1.165, 1.54) is 424 Å². The molecule has 10 aliphatic carbocycles. The number of carbonyl (C=O) groups excluding carboxylic acids is 5. The van der Waals surface area contributed by atoms with E-state index in [1.54, 1.807) is 0 Å². The number of carbonyl (C=O) groups is 5. The van der Waals surface area contributed by atoms with Crippen molar-refractivity contribution in [2.24, 2.45) is 118 Å². The molecule has 5 heteroatoms. The molecule has 0 N–H and O–H groups in total. The van der Waals surface area contributed by atoms with Crippen molar-refractivity contribution in [2.75, 3.05) is 0 Å². The largest absolute Gasteiger partial charge is 0.299 e. The van der Waals surface area contributed by atoms with Gasteiger partial charge in [-0.05, 0) is 249 Å². The van der Waals surface area contributed by atoms with Crippen LogP contribution in [0.2, 0.25) is 0 Å². The van der Waals surface area contributed by atoms with E-state index in [9.17, 15) is 24.0 Å². The molecule has 5 nitrogen and oxygen atoms in total. The normalized spacial score (nSPS) is 32.9. The van der Waals surface area contributed by atoms with Gasteiger partial charge in [0.2, 0.25) is 0 Å². The van der Waals surface area contributed by atoms with Gasteiger partial charge in [0, 0.05) is 61.7 Å². The second-order valence-corrected chi connectivity index (χ2v) is 40.9. The van der Waals surface area contributed by atoms with Gasteiger partial charge in [0.05, 0.1) is 0 Å². The van der Waals surface area contributed by atoms with Gasteiger partial charge in [-0.3, -0.25) is 24.0 Å². The van der Waals surface area contributed by atoms with E-state index >= 15 is 0 Å². The van der Waals surface area contributed by atoms with Gasteiger partial charge in [0.1, 0.15) is 28.9 Å². The van der Waals surface area contributed by atoms with Crippen LogP contribution in [0.15, 0.2) is 0 Å². The number of hydrogen-bond acceptors (Lipinski definition) is 5. The molecule has 10 rings (SSSR count). The number of hydrogen-bond donors (Lipinski definition) is 0. The minimum Gasteiger partial charge on any atom is -0.299 e. The summed E-state index contributed by atoms with van der Waals surface area (Å²) in [7, 11) is 0. The molecule has 0 aliphatic heterocycles. The van der Waals surface area contributed by atoms with Gasteiger partial charge in [-0.2, -0.15) is 0 Å². The Labute approximate surface area is 692 Å². The SMILES string of the molecule is CCCCCC1CCC(C2CCC(CC)CC2)CC1=O.CCCCCC1CCC(C2CCC(CCC)CC2)CC1=O.CCCCCC1CCC(C2CCC(CCCC)CC2)CC1=O.CCCCCC1CCC(C2CCC(CCCCC)C(=O)C2)CC1.CCCCCCCC1CCC(C2CCC(CCCCC)C(=O)C2)CC1. The van der Waals surface area contributed by atoms with Gasteiger partial charge >= 0.3 is 0 Å². The van der Waals surface area contributed by atoms with Crippen molar-refractivity contribution in [3.05, 3.63) is 0 Å². The Kier molecular flexibility index (Phi) is 53.0. The molecule has 10 unspecified atom stereocenters. The summed E-state index contributed by atoms with van der Waals surface area (Å²) in [6.45, 7) is 22.8. The van der Waals surface area contributed by atoms with E-state index in [1.807, 2.05) is 0 Å².